The monoisotopic (exact) mass is 125 g/mol. The van der Waals surface area contributed by atoms with Crippen LogP contribution in [0.2, 0.25) is 0 Å². The molecule has 4 heteroatoms. The van der Waals surface area contributed by atoms with Crippen LogP contribution in [0.3, 0.4) is 0 Å². The zero-order chi connectivity index (χ0) is 0. The third kappa shape index (κ3) is 9.13. The molecule has 0 aliphatic carbocycles. The summed E-state index contributed by atoms with van der Waals surface area (Å²) in [5.41, 5.74) is 0. The second-order valence-electron chi connectivity index (χ2n) is 0. The summed E-state index contributed by atoms with van der Waals surface area (Å²) in [6.07, 6.45) is 0. The molecule has 0 fully saturated rings. The Hall–Kier alpha value is 1.86. The van der Waals surface area contributed by atoms with Gasteiger partial charge in [0.05, 0.1) is 0 Å². The molecule has 0 nitrogen and oxygen atoms in total. The van der Waals surface area contributed by atoms with Gasteiger partial charge in [0, 0.05) is 24.9 Å². The maximum absolute atomic E-state index is 0. The van der Waals surface area contributed by atoms with Gasteiger partial charge in [-0.1, -0.05) is 0 Å². The fourth-order valence-electron chi connectivity index (χ4n) is 0. The SMILES string of the molecule is [AlH3].[B].[H-].[H-].[Mg+2].[Ni]. The Morgan fingerprint density at radius 2 is 1.25 bits per heavy atom. The van der Waals surface area contributed by atoms with Gasteiger partial charge in [-0.3, -0.25) is 0 Å². The summed E-state index contributed by atoms with van der Waals surface area (Å²) in [5, 5.41) is 0. The van der Waals surface area contributed by atoms with Crippen molar-refractivity contribution in [2.24, 2.45) is 0 Å². The van der Waals surface area contributed by atoms with Gasteiger partial charge in [0.25, 0.3) is 0 Å². The molecule has 0 spiro atoms. The Balaban J connectivity index is 0. The molecule has 23 valence electrons. The molecule has 0 saturated carbocycles. The molecule has 0 aliphatic heterocycles. The van der Waals surface area contributed by atoms with E-state index in [1.165, 1.54) is 0 Å². The van der Waals surface area contributed by atoms with Gasteiger partial charge < -0.3 is 2.85 Å². The van der Waals surface area contributed by atoms with Gasteiger partial charge in [0.15, 0.2) is 17.4 Å². The average molecular weight is 126 g/mol. The van der Waals surface area contributed by atoms with E-state index < -0.39 is 0 Å². The third-order valence-electron chi connectivity index (χ3n) is 0. The fourth-order valence-corrected chi connectivity index (χ4v) is 0. The maximum atomic E-state index is 0. The van der Waals surface area contributed by atoms with Gasteiger partial charge in [-0.15, -0.1) is 0 Å². The molecule has 0 aromatic rings. The normalized spacial score (nSPS) is 0. The molecule has 0 saturated heterocycles. The van der Waals surface area contributed by atoms with E-state index in [9.17, 15) is 0 Å². The van der Waals surface area contributed by atoms with Crippen LogP contribution in [0, 0.1) is 0 Å². The molecule has 4 heavy (non-hydrogen) atoms. The topological polar surface area (TPSA) is 0 Å². The fraction of sp³-hybridized carbons (Fsp3) is 0. The van der Waals surface area contributed by atoms with Crippen molar-refractivity contribution in [2.75, 3.05) is 0 Å². The average Bonchev–Trinajstić information content (AvgIpc) is 0. The number of rotatable bonds is 0. The smallest absolute Gasteiger partial charge is 1.00 e. The predicted octanol–water partition coefficient (Wildman–Crippen LogP) is -1.72. The van der Waals surface area contributed by atoms with Crippen molar-refractivity contribution in [1.82, 2.24) is 0 Å². The number of hydrogen-bond acceptors (Lipinski definition) is 0. The van der Waals surface area contributed by atoms with Gasteiger partial charge in [0.1, 0.15) is 0 Å². The van der Waals surface area contributed by atoms with E-state index in [4.69, 9.17) is 0 Å². The Morgan fingerprint density at radius 3 is 1.25 bits per heavy atom. The van der Waals surface area contributed by atoms with Crippen LogP contribution in [0.25, 0.3) is 0 Å². The van der Waals surface area contributed by atoms with Crippen molar-refractivity contribution < 1.29 is 19.3 Å². The maximum Gasteiger partial charge on any atom is 2.00 e. The molecule has 0 aromatic carbocycles. The summed E-state index contributed by atoms with van der Waals surface area (Å²) in [6.45, 7) is 0. The zero-order valence-electron chi connectivity index (χ0n) is 3.60. The standard InChI is InChI=1S/Al.B.Mg.Ni.5H/q;;+2;;;;;2*-1. The molecule has 0 heterocycles. The molecule has 3 radical (unpaired) electrons. The van der Waals surface area contributed by atoms with Crippen molar-refractivity contribution in [2.45, 2.75) is 0 Å². The molecule has 0 aromatic heterocycles. The van der Waals surface area contributed by atoms with Crippen LogP contribution in [-0.4, -0.2) is 48.8 Å². The van der Waals surface area contributed by atoms with Crippen LogP contribution in [0.1, 0.15) is 2.85 Å². The van der Waals surface area contributed by atoms with Crippen LogP contribution in [0.15, 0.2) is 0 Å². The van der Waals surface area contributed by atoms with E-state index in [-0.39, 0.29) is 68.2 Å². The van der Waals surface area contributed by atoms with Crippen LogP contribution < -0.4 is 0 Å². The van der Waals surface area contributed by atoms with Crippen molar-refractivity contribution in [3.63, 3.8) is 0 Å². The summed E-state index contributed by atoms with van der Waals surface area (Å²) in [7, 11) is 0. The van der Waals surface area contributed by atoms with Crippen molar-refractivity contribution >= 4 is 48.8 Å². The summed E-state index contributed by atoms with van der Waals surface area (Å²) < 4.78 is 0. The van der Waals surface area contributed by atoms with E-state index in [1.54, 1.807) is 0 Å². The largest absolute Gasteiger partial charge is 2.00 e. The predicted molar refractivity (Wildman–Crippen MR) is 23.7 cm³/mol. The molecule has 0 atom stereocenters. The summed E-state index contributed by atoms with van der Waals surface area (Å²) in [5.74, 6) is 0. The third-order valence-corrected chi connectivity index (χ3v) is 0. The van der Waals surface area contributed by atoms with Crippen molar-refractivity contribution in [3.8, 4) is 0 Å². The second-order valence-corrected chi connectivity index (χ2v) is 0. The van der Waals surface area contributed by atoms with E-state index in [0.717, 1.165) is 0 Å². The van der Waals surface area contributed by atoms with Crippen molar-refractivity contribution in [1.29, 1.82) is 0 Å². The molecule has 0 bridgehead atoms. The molecule has 0 rings (SSSR count). The Labute approximate surface area is 67.9 Å². The molecule has 0 amide bonds. The molecular weight excluding hydrogens is 121 g/mol. The molecular formula is H5AlBMgNi. The number of hydrogen-bond donors (Lipinski definition) is 0. The van der Waals surface area contributed by atoms with E-state index >= 15 is 0 Å². The van der Waals surface area contributed by atoms with Crippen LogP contribution in [-0.2, 0) is 16.5 Å². The first-order valence-corrected chi connectivity index (χ1v) is 0. The molecule has 0 unspecified atom stereocenters. The van der Waals surface area contributed by atoms with Crippen LogP contribution in [0.4, 0.5) is 0 Å². The van der Waals surface area contributed by atoms with E-state index in [2.05, 4.69) is 0 Å². The second kappa shape index (κ2) is 21.0. The first-order valence-electron chi connectivity index (χ1n) is 0. The Morgan fingerprint density at radius 1 is 1.25 bits per heavy atom. The minimum Gasteiger partial charge on any atom is -1.00 e. The minimum absolute atomic E-state index is 0. The molecule has 0 N–H and O–H groups in total. The summed E-state index contributed by atoms with van der Waals surface area (Å²) in [4.78, 5) is 0. The first-order chi connectivity index (χ1) is 0. The Bertz CT molecular complexity index is 13.5. The van der Waals surface area contributed by atoms with Gasteiger partial charge in [-0.2, -0.15) is 0 Å². The van der Waals surface area contributed by atoms with Crippen LogP contribution >= 0.6 is 0 Å². The molecule has 0 aliphatic rings. The van der Waals surface area contributed by atoms with E-state index in [0.29, 0.717) is 0 Å². The van der Waals surface area contributed by atoms with E-state index in [1.807, 2.05) is 0 Å². The Kier molecular flexibility index (Phi) is 210. The zero-order valence-corrected chi connectivity index (χ0v) is 4.00. The van der Waals surface area contributed by atoms with Gasteiger partial charge in [0.2, 0.25) is 0 Å². The first kappa shape index (κ1) is 40.1. The minimum atomic E-state index is 0. The summed E-state index contributed by atoms with van der Waals surface area (Å²) in [6, 6.07) is 0. The van der Waals surface area contributed by atoms with Gasteiger partial charge in [-0.05, 0) is 0 Å². The van der Waals surface area contributed by atoms with Gasteiger partial charge >= 0.3 is 23.1 Å². The quantitative estimate of drug-likeness (QED) is 0.338. The van der Waals surface area contributed by atoms with Gasteiger partial charge in [-0.25, -0.2) is 0 Å². The summed E-state index contributed by atoms with van der Waals surface area (Å²) >= 11 is 0. The van der Waals surface area contributed by atoms with Crippen molar-refractivity contribution in [3.05, 3.63) is 0 Å². The van der Waals surface area contributed by atoms with Crippen LogP contribution in [0.5, 0.6) is 0 Å².